The van der Waals surface area contributed by atoms with Crippen molar-refractivity contribution in [1.29, 1.82) is 0 Å². The lowest BCUT2D eigenvalue weighted by Gasteiger charge is -2.20. The van der Waals surface area contributed by atoms with Crippen molar-refractivity contribution in [2.45, 2.75) is 111 Å². The molecule has 0 spiro atoms. The summed E-state index contributed by atoms with van der Waals surface area (Å²) in [6.45, 7) is 5.55. The molecule has 85 heavy (non-hydrogen) atoms. The maximum atomic E-state index is 13.7. The second-order valence-corrected chi connectivity index (χ2v) is 16.3. The summed E-state index contributed by atoms with van der Waals surface area (Å²) in [4.78, 5) is 195. The number of H-pyrrole nitrogens is 2. The van der Waals surface area contributed by atoms with Crippen LogP contribution in [0.15, 0.2) is 31.6 Å². The van der Waals surface area contributed by atoms with Crippen LogP contribution in [-0.4, -0.2) is 175 Å². The van der Waals surface area contributed by atoms with E-state index in [1.807, 2.05) is 0 Å². The molecule has 36 nitrogen and oxygen atoms in total. The molecule has 3 heterocycles. The number of imide groups is 1. The van der Waals surface area contributed by atoms with Gasteiger partial charge in [-0.05, 0) is 66.2 Å². The van der Waals surface area contributed by atoms with Gasteiger partial charge in [0.1, 0.15) is 12.1 Å². The van der Waals surface area contributed by atoms with Crippen molar-refractivity contribution in [3.63, 3.8) is 0 Å². The molecule has 3 rings (SSSR count). The second kappa shape index (κ2) is 40.4. The number of carbonyl (C=O) groups is 12. The molecule has 2 aromatic heterocycles. The van der Waals surface area contributed by atoms with Gasteiger partial charge < -0.3 is 76.2 Å². The minimum atomic E-state index is -1.85. The van der Waals surface area contributed by atoms with Gasteiger partial charge in [-0.25, -0.2) is 43.2 Å². The highest BCUT2D eigenvalue weighted by atomic mass is 19.1. The van der Waals surface area contributed by atoms with Crippen LogP contribution in [0.2, 0.25) is 0 Å². The molecule has 0 saturated carbocycles. The van der Waals surface area contributed by atoms with E-state index in [-0.39, 0.29) is 66.1 Å². The standard InChI is InChI=1S/C21H31FN6O10.C15H23N3O8.C10H13FN4O5.CH4/c1-4-37-18(32)15(28-11-12(22)16(30)27-19(28)33)26-14(29)10-24-17(31)13(25-21(35)38-5-2)8-6-7-9-23-20(34)36-3;1-3-25-15(23)17-10(6-4-5-9-16-14(22)24-2)13(21)26-18-11(19)7-8-12(18)20;1-2-20-9(18)7(13-6(16)3-12)15-4-5(11)8(17)14-10(15)19;/h11,13,15H,4-10H2,1-3H3,(H,23,34)(H,24,31)(H,25,35)(H,26,29)(H,27,30,33);10H,3-9H2,1-2H3,(H,16,22)(H,17,23);4,7H,2-3,12H2,1H3,(H,13,16)(H,14,17,19);1H4. The summed E-state index contributed by atoms with van der Waals surface area (Å²) < 4.78 is 55.7. The Kier molecular flexibility index (Phi) is 35.8. The van der Waals surface area contributed by atoms with E-state index < -0.39 is 143 Å². The number of hydroxylamine groups is 2. The number of halogens is 2. The number of unbranched alkanes of at least 4 members (excludes halogenated alkanes) is 2. The molecule has 0 radical (unpaired) electrons. The van der Waals surface area contributed by atoms with E-state index in [1.54, 1.807) is 23.8 Å². The van der Waals surface area contributed by atoms with Gasteiger partial charge in [-0.3, -0.25) is 52.7 Å². The molecule has 4 atom stereocenters. The molecule has 1 fully saturated rings. The maximum absolute atomic E-state index is 13.7. The van der Waals surface area contributed by atoms with E-state index in [2.05, 4.69) is 51.4 Å². The summed E-state index contributed by atoms with van der Waals surface area (Å²) in [6, 6.07) is -2.22. The summed E-state index contributed by atoms with van der Waals surface area (Å²) >= 11 is 0. The van der Waals surface area contributed by atoms with E-state index in [9.17, 15) is 85.5 Å². The number of nitrogens with one attached hydrogen (secondary N) is 9. The van der Waals surface area contributed by atoms with Gasteiger partial charge in [0.05, 0.1) is 66.1 Å². The third-order valence-electron chi connectivity index (χ3n) is 10.3. The van der Waals surface area contributed by atoms with Crippen molar-refractivity contribution in [3.05, 3.63) is 65.7 Å². The Morgan fingerprint density at radius 1 is 0.553 bits per heavy atom. The number of nitrogens with zero attached hydrogens (tertiary/aromatic N) is 3. The van der Waals surface area contributed by atoms with Crippen molar-refractivity contribution in [2.75, 3.05) is 66.8 Å². The third kappa shape index (κ3) is 27.7. The number of ether oxygens (including phenoxy) is 6. The van der Waals surface area contributed by atoms with Crippen molar-refractivity contribution >= 4 is 71.8 Å². The number of methoxy groups -OCH3 is 2. The molecule has 2 aromatic rings. The number of nitrogens with two attached hydrogens (primary N) is 1. The first-order valence-corrected chi connectivity index (χ1v) is 25.3. The first-order chi connectivity index (χ1) is 39.8. The van der Waals surface area contributed by atoms with Gasteiger partial charge in [-0.1, -0.05) is 7.43 Å². The van der Waals surface area contributed by atoms with Crippen molar-refractivity contribution < 1.29 is 99.6 Å². The lowest BCUT2D eigenvalue weighted by Crippen LogP contribution is -2.51. The molecule has 0 aliphatic carbocycles. The first kappa shape index (κ1) is 75.2. The van der Waals surface area contributed by atoms with E-state index in [4.69, 9.17) is 24.8 Å². The number of rotatable bonds is 28. The first-order valence-electron chi connectivity index (χ1n) is 25.3. The van der Waals surface area contributed by atoms with Gasteiger partial charge >= 0.3 is 53.7 Å². The van der Waals surface area contributed by atoms with Gasteiger partial charge in [0, 0.05) is 25.9 Å². The smallest absolute Gasteiger partial charge is 0.407 e. The summed E-state index contributed by atoms with van der Waals surface area (Å²) in [5.74, 6) is -9.49. The van der Waals surface area contributed by atoms with Crippen molar-refractivity contribution in [3.8, 4) is 0 Å². The average molecular weight is 1220 g/mol. The van der Waals surface area contributed by atoms with Gasteiger partial charge in [-0.15, -0.1) is 5.06 Å². The zero-order chi connectivity index (χ0) is 63.5. The molecule has 4 unspecified atom stereocenters. The van der Waals surface area contributed by atoms with Crippen LogP contribution in [0.3, 0.4) is 0 Å². The SMILES string of the molecule is C.CCOC(=O)C(NC(=O)CN)n1cc(F)c(=O)[nH]c1=O.CCOC(=O)NC(CCCCNC(=O)OC)C(=O)NCC(=O)NC(C(=O)OCC)n1cc(F)c(=O)[nH]c1=O.CCOC(=O)NC(CCCCNC(=O)OC)C(=O)ON1C(=O)CCC1=O. The Bertz CT molecular complexity index is 2840. The molecule has 9 amide bonds. The number of esters is 2. The fourth-order valence-electron chi connectivity index (χ4n) is 6.37. The largest absolute Gasteiger partial charge is 0.463 e. The van der Waals surface area contributed by atoms with Crippen LogP contribution in [0, 0.1) is 11.6 Å². The molecule has 1 saturated heterocycles. The van der Waals surface area contributed by atoms with Gasteiger partial charge in [0.2, 0.25) is 41.7 Å². The highest BCUT2D eigenvalue weighted by Crippen LogP contribution is 2.14. The van der Waals surface area contributed by atoms with Crippen LogP contribution in [0.1, 0.15) is 98.8 Å². The summed E-state index contributed by atoms with van der Waals surface area (Å²) in [6.07, 6.45) is -3.43. The van der Waals surface area contributed by atoms with Crippen molar-refractivity contribution in [1.82, 2.24) is 61.4 Å². The molecule has 1 aliphatic rings. The molecule has 38 heteroatoms. The summed E-state index contributed by atoms with van der Waals surface area (Å²) in [7, 11) is 2.45. The number of aromatic nitrogens is 4. The third-order valence-corrected chi connectivity index (χ3v) is 10.3. The highest BCUT2D eigenvalue weighted by molar-refractivity contribution is 6.02. The number of hydrogen-bond acceptors (Lipinski definition) is 24. The summed E-state index contributed by atoms with van der Waals surface area (Å²) in [5, 5.41) is 16.5. The fourth-order valence-corrected chi connectivity index (χ4v) is 6.37. The molecule has 1 aliphatic heterocycles. The number of carbonyl (C=O) groups excluding carboxylic acids is 12. The van der Waals surface area contributed by atoms with E-state index in [1.165, 1.54) is 28.1 Å². The topological polar surface area (TPSA) is 493 Å². The summed E-state index contributed by atoms with van der Waals surface area (Å²) in [5.41, 5.74) is 0.247. The zero-order valence-corrected chi connectivity index (χ0v) is 46.3. The van der Waals surface area contributed by atoms with Crippen LogP contribution in [0.4, 0.5) is 28.0 Å². The Morgan fingerprint density at radius 3 is 1.35 bits per heavy atom. The Labute approximate surface area is 481 Å². The number of hydrogen-bond donors (Lipinski definition) is 10. The molecular formula is C47H71F2N13O23. The van der Waals surface area contributed by atoms with E-state index in [0.717, 1.165) is 0 Å². The van der Waals surface area contributed by atoms with Crippen LogP contribution in [0.5, 0.6) is 0 Å². The molecule has 0 aromatic carbocycles. The van der Waals surface area contributed by atoms with Gasteiger partial charge in [-0.2, -0.15) is 8.78 Å². The lowest BCUT2D eigenvalue weighted by molar-refractivity contribution is -0.199. The predicted molar refractivity (Wildman–Crippen MR) is 283 cm³/mol. The minimum Gasteiger partial charge on any atom is -0.463 e. The average Bonchev–Trinajstić information content (AvgIpc) is 3.47. The van der Waals surface area contributed by atoms with Gasteiger partial charge in [0.25, 0.3) is 22.9 Å². The monoisotopic (exact) mass is 1220 g/mol. The Hall–Kier alpha value is -9.78. The van der Waals surface area contributed by atoms with Gasteiger partial charge in [0.15, 0.2) is 0 Å². The minimum absolute atomic E-state index is 0. The second-order valence-electron chi connectivity index (χ2n) is 16.3. The fraction of sp³-hybridized carbons (Fsp3) is 0.574. The number of aromatic amines is 2. The van der Waals surface area contributed by atoms with E-state index in [0.29, 0.717) is 58.8 Å². The highest BCUT2D eigenvalue weighted by Gasteiger charge is 2.36. The van der Waals surface area contributed by atoms with Crippen LogP contribution in [0.25, 0.3) is 0 Å². The Morgan fingerprint density at radius 2 is 0.953 bits per heavy atom. The van der Waals surface area contributed by atoms with Crippen molar-refractivity contribution in [2.24, 2.45) is 5.73 Å². The normalized spacial score (nSPS) is 12.6. The maximum Gasteiger partial charge on any atom is 0.407 e. The van der Waals surface area contributed by atoms with E-state index >= 15 is 0 Å². The molecule has 0 bridgehead atoms. The quantitative estimate of drug-likeness (QED) is 0.0179. The lowest BCUT2D eigenvalue weighted by atomic mass is 10.1. The predicted octanol–water partition coefficient (Wildman–Crippen LogP) is -2.71. The number of amides is 9. The van der Waals surface area contributed by atoms with Crippen LogP contribution < -0.4 is 65.4 Å². The zero-order valence-electron chi connectivity index (χ0n) is 46.3. The number of alkyl carbamates (subject to hydrolysis) is 4. The molecule has 476 valence electrons. The van der Waals surface area contributed by atoms with Crippen LogP contribution >= 0.6 is 0 Å². The Balaban J connectivity index is 0.00000131. The van der Waals surface area contributed by atoms with Crippen LogP contribution in [-0.2, 0) is 71.6 Å². The molecular weight excluding hydrogens is 1150 g/mol. The molecule has 11 N–H and O–H groups in total.